The molecule has 1 fully saturated rings. The molecule has 2 aromatic rings. The summed E-state index contributed by atoms with van der Waals surface area (Å²) in [5, 5.41) is 12.5. The molecular weight excluding hydrogens is 328 g/mol. The minimum Gasteiger partial charge on any atom is -0.496 e. The van der Waals surface area contributed by atoms with Crippen molar-refractivity contribution in [2.75, 3.05) is 26.8 Å². The first-order chi connectivity index (χ1) is 12.8. The van der Waals surface area contributed by atoms with Gasteiger partial charge in [-0.3, -0.25) is 0 Å². The first kappa shape index (κ1) is 16.7. The molecule has 1 N–H and O–H groups in total. The number of nitrogens with zero attached hydrogens (tertiary/aromatic N) is 1. The lowest BCUT2D eigenvalue weighted by atomic mass is 9.89. The number of fused-ring (bicyclic) bond motifs is 1. The van der Waals surface area contributed by atoms with Crippen LogP contribution in [0.2, 0.25) is 0 Å². The van der Waals surface area contributed by atoms with E-state index < -0.39 is 0 Å². The van der Waals surface area contributed by atoms with Crippen LogP contribution in [-0.4, -0.2) is 26.8 Å². The Morgan fingerprint density at radius 3 is 2.77 bits per heavy atom. The van der Waals surface area contributed by atoms with Crippen LogP contribution >= 0.6 is 0 Å². The average molecular weight is 350 g/mol. The molecule has 0 amide bonds. The maximum absolute atomic E-state index is 9.10. The summed E-state index contributed by atoms with van der Waals surface area (Å²) in [7, 11) is 1.61. The van der Waals surface area contributed by atoms with E-state index in [2.05, 4.69) is 17.5 Å². The van der Waals surface area contributed by atoms with Gasteiger partial charge in [0.15, 0.2) is 17.6 Å². The normalized spacial score (nSPS) is 19.6. The highest BCUT2D eigenvalue weighted by Gasteiger charge is 2.29. The number of benzene rings is 2. The summed E-state index contributed by atoms with van der Waals surface area (Å²) in [6.45, 7) is 2.48. The largest absolute Gasteiger partial charge is 0.496 e. The minimum absolute atomic E-state index is 0.256. The van der Waals surface area contributed by atoms with Crippen molar-refractivity contribution >= 4 is 0 Å². The molecule has 2 heterocycles. The molecule has 1 atom stereocenters. The molecule has 0 aromatic heterocycles. The molecule has 4 rings (SSSR count). The molecule has 0 saturated carbocycles. The molecule has 2 aliphatic rings. The van der Waals surface area contributed by atoms with Crippen molar-refractivity contribution in [1.29, 1.82) is 5.26 Å². The predicted molar refractivity (Wildman–Crippen MR) is 97.9 cm³/mol. The lowest BCUT2D eigenvalue weighted by molar-refractivity contribution is 0.0871. The Morgan fingerprint density at radius 1 is 1.15 bits per heavy atom. The highest BCUT2D eigenvalue weighted by Crippen LogP contribution is 2.45. The third-order valence-corrected chi connectivity index (χ3v) is 5.15. The van der Waals surface area contributed by atoms with E-state index in [0.29, 0.717) is 23.8 Å². The third-order valence-electron chi connectivity index (χ3n) is 5.15. The molecule has 2 aliphatic heterocycles. The van der Waals surface area contributed by atoms with Crippen LogP contribution in [0.4, 0.5) is 0 Å². The quantitative estimate of drug-likeness (QED) is 0.917. The van der Waals surface area contributed by atoms with Crippen molar-refractivity contribution in [3.63, 3.8) is 0 Å². The van der Waals surface area contributed by atoms with Gasteiger partial charge in [-0.1, -0.05) is 18.2 Å². The lowest BCUT2D eigenvalue weighted by Gasteiger charge is -2.32. The Hall–Kier alpha value is -2.71. The summed E-state index contributed by atoms with van der Waals surface area (Å²) < 4.78 is 17.9. The lowest BCUT2D eigenvalue weighted by Crippen LogP contribution is -2.28. The number of piperidine rings is 1. The number of ether oxygens (including phenoxy) is 3. The Morgan fingerprint density at radius 2 is 2.00 bits per heavy atom. The fourth-order valence-electron chi connectivity index (χ4n) is 3.77. The third kappa shape index (κ3) is 3.09. The summed E-state index contributed by atoms with van der Waals surface area (Å²) in [5.74, 6) is 2.80. The topological polar surface area (TPSA) is 63.5 Å². The van der Waals surface area contributed by atoms with Crippen LogP contribution in [0.3, 0.4) is 0 Å². The molecule has 5 heteroatoms. The molecule has 0 spiro atoms. The van der Waals surface area contributed by atoms with Gasteiger partial charge in [0.2, 0.25) is 0 Å². The Labute approximate surface area is 153 Å². The summed E-state index contributed by atoms with van der Waals surface area (Å²) in [6.07, 6.45) is 1.95. The number of para-hydroxylation sites is 1. The van der Waals surface area contributed by atoms with Crippen molar-refractivity contribution in [2.24, 2.45) is 0 Å². The second-order valence-electron chi connectivity index (χ2n) is 6.68. The highest BCUT2D eigenvalue weighted by molar-refractivity contribution is 5.51. The van der Waals surface area contributed by atoms with Gasteiger partial charge in [-0.2, -0.15) is 5.26 Å². The average Bonchev–Trinajstić information content (AvgIpc) is 2.73. The predicted octanol–water partition coefficient (Wildman–Crippen LogP) is 3.55. The van der Waals surface area contributed by atoms with Crippen molar-refractivity contribution < 1.29 is 14.2 Å². The van der Waals surface area contributed by atoms with Gasteiger partial charge in [0.05, 0.1) is 18.7 Å². The molecule has 26 heavy (non-hydrogen) atoms. The van der Waals surface area contributed by atoms with Crippen LogP contribution in [0.25, 0.3) is 0 Å². The van der Waals surface area contributed by atoms with Crippen LogP contribution in [0.15, 0.2) is 36.4 Å². The molecular formula is C21H22N2O3. The van der Waals surface area contributed by atoms with E-state index in [0.717, 1.165) is 43.0 Å². The summed E-state index contributed by atoms with van der Waals surface area (Å²) >= 11 is 0. The van der Waals surface area contributed by atoms with Gasteiger partial charge >= 0.3 is 0 Å². The standard InChI is InChI=1S/C21H22N2O3/c1-24-19-11-14(12-22)5-6-17(19)20-13-25-18-4-2-3-16(21(18)26-20)15-7-9-23-10-8-15/h2-6,11,15,20,23H,7-10,13H2,1H3/t20-/m1/s1. The van der Waals surface area contributed by atoms with Gasteiger partial charge in [0.1, 0.15) is 12.4 Å². The monoisotopic (exact) mass is 350 g/mol. The van der Waals surface area contributed by atoms with Crippen LogP contribution < -0.4 is 19.5 Å². The number of hydrogen-bond donors (Lipinski definition) is 1. The Kier molecular flexibility index (Phi) is 4.68. The van der Waals surface area contributed by atoms with Crippen molar-refractivity contribution in [3.05, 3.63) is 53.1 Å². The SMILES string of the molecule is COc1cc(C#N)ccc1[C@H]1COc2cccc(C3CCNCC3)c2O1. The fraction of sp³-hybridized carbons (Fsp3) is 0.381. The van der Waals surface area contributed by atoms with E-state index in [1.807, 2.05) is 18.2 Å². The molecule has 0 bridgehead atoms. The van der Waals surface area contributed by atoms with E-state index in [1.165, 1.54) is 5.56 Å². The van der Waals surface area contributed by atoms with Crippen LogP contribution in [0.5, 0.6) is 17.2 Å². The van der Waals surface area contributed by atoms with Gasteiger partial charge in [0, 0.05) is 11.1 Å². The maximum atomic E-state index is 9.10. The fourth-order valence-corrected chi connectivity index (χ4v) is 3.77. The molecule has 134 valence electrons. The molecule has 1 saturated heterocycles. The molecule has 0 unspecified atom stereocenters. The van der Waals surface area contributed by atoms with Crippen molar-refractivity contribution in [1.82, 2.24) is 5.32 Å². The second kappa shape index (κ2) is 7.27. The van der Waals surface area contributed by atoms with E-state index in [9.17, 15) is 0 Å². The molecule has 0 radical (unpaired) electrons. The molecule has 2 aromatic carbocycles. The molecule has 5 nitrogen and oxygen atoms in total. The van der Waals surface area contributed by atoms with Crippen molar-refractivity contribution in [2.45, 2.75) is 24.9 Å². The van der Waals surface area contributed by atoms with Gasteiger partial charge < -0.3 is 19.5 Å². The number of methoxy groups -OCH3 is 1. The zero-order valence-corrected chi connectivity index (χ0v) is 14.8. The number of rotatable bonds is 3. The number of hydrogen-bond acceptors (Lipinski definition) is 5. The first-order valence-electron chi connectivity index (χ1n) is 9.01. The highest BCUT2D eigenvalue weighted by atomic mass is 16.6. The van der Waals surface area contributed by atoms with E-state index >= 15 is 0 Å². The van der Waals surface area contributed by atoms with E-state index in [1.54, 1.807) is 19.2 Å². The van der Waals surface area contributed by atoms with Crippen LogP contribution in [0, 0.1) is 11.3 Å². The smallest absolute Gasteiger partial charge is 0.165 e. The summed E-state index contributed by atoms with van der Waals surface area (Å²) in [4.78, 5) is 0. The van der Waals surface area contributed by atoms with Gasteiger partial charge in [-0.05, 0) is 50.0 Å². The Bertz CT molecular complexity index is 838. The number of nitrogens with one attached hydrogen (secondary N) is 1. The number of nitriles is 1. The maximum Gasteiger partial charge on any atom is 0.165 e. The summed E-state index contributed by atoms with van der Waals surface area (Å²) in [5.41, 5.74) is 2.69. The summed E-state index contributed by atoms with van der Waals surface area (Å²) in [6, 6.07) is 13.7. The molecule has 0 aliphatic carbocycles. The minimum atomic E-state index is -0.256. The van der Waals surface area contributed by atoms with Crippen LogP contribution in [-0.2, 0) is 0 Å². The van der Waals surface area contributed by atoms with E-state index in [4.69, 9.17) is 19.5 Å². The van der Waals surface area contributed by atoms with Crippen molar-refractivity contribution in [3.8, 4) is 23.3 Å². The zero-order valence-electron chi connectivity index (χ0n) is 14.8. The van der Waals surface area contributed by atoms with Gasteiger partial charge in [0.25, 0.3) is 0 Å². The van der Waals surface area contributed by atoms with Gasteiger partial charge in [-0.15, -0.1) is 0 Å². The Balaban J connectivity index is 1.66. The van der Waals surface area contributed by atoms with Gasteiger partial charge in [-0.25, -0.2) is 0 Å². The van der Waals surface area contributed by atoms with E-state index in [-0.39, 0.29) is 6.10 Å². The van der Waals surface area contributed by atoms with Crippen LogP contribution in [0.1, 0.15) is 41.6 Å². The second-order valence-corrected chi connectivity index (χ2v) is 6.68. The first-order valence-corrected chi connectivity index (χ1v) is 9.01. The zero-order chi connectivity index (χ0) is 17.9.